The summed E-state index contributed by atoms with van der Waals surface area (Å²) in [7, 11) is 0. The molecule has 3 aromatic heterocycles. The summed E-state index contributed by atoms with van der Waals surface area (Å²) in [5.41, 5.74) is 2.29. The molecule has 24 heavy (non-hydrogen) atoms. The summed E-state index contributed by atoms with van der Waals surface area (Å²) in [6.07, 6.45) is 1.80. The van der Waals surface area contributed by atoms with Gasteiger partial charge in [-0.2, -0.15) is 0 Å². The van der Waals surface area contributed by atoms with Crippen LogP contribution in [0.1, 0.15) is 5.69 Å². The lowest BCUT2D eigenvalue weighted by Crippen LogP contribution is -2.27. The highest BCUT2D eigenvalue weighted by atomic mass is 32.1. The zero-order valence-corrected chi connectivity index (χ0v) is 13.3. The minimum Gasteiger partial charge on any atom is -0.349 e. The normalized spacial score (nSPS) is 11.0. The molecule has 0 unspecified atom stereocenters. The lowest BCUT2D eigenvalue weighted by Gasteiger charge is -2.03. The number of thiophene rings is 1. The van der Waals surface area contributed by atoms with Gasteiger partial charge in [0, 0.05) is 0 Å². The van der Waals surface area contributed by atoms with Crippen molar-refractivity contribution in [1.82, 2.24) is 35.3 Å². The van der Waals surface area contributed by atoms with Gasteiger partial charge in [0.25, 0.3) is 0 Å². The molecule has 1 N–H and O–H groups in total. The lowest BCUT2D eigenvalue weighted by atomic mass is 10.3. The highest BCUT2D eigenvalue weighted by molar-refractivity contribution is 7.12. The monoisotopic (exact) mass is 339 g/mol. The average Bonchev–Trinajstić information content (AvgIpc) is 3.34. The Hall–Kier alpha value is -3.07. The van der Waals surface area contributed by atoms with Gasteiger partial charge in [-0.05, 0) is 29.6 Å². The first kappa shape index (κ1) is 14.5. The molecule has 8 nitrogen and oxygen atoms in total. The number of carbonyl (C=O) groups is 1. The van der Waals surface area contributed by atoms with Crippen LogP contribution in [-0.4, -0.2) is 35.9 Å². The molecule has 0 aliphatic heterocycles. The zero-order chi connectivity index (χ0) is 16.4. The number of benzene rings is 1. The third kappa shape index (κ3) is 2.88. The second-order valence-electron chi connectivity index (χ2n) is 5.12. The molecular weight excluding hydrogens is 326 g/mol. The summed E-state index contributed by atoms with van der Waals surface area (Å²) in [5, 5.41) is 21.9. The Morgan fingerprint density at radius 1 is 1.12 bits per heavy atom. The molecule has 1 amide bonds. The maximum absolute atomic E-state index is 12.1. The van der Waals surface area contributed by atoms with Crippen LogP contribution in [0, 0.1) is 0 Å². The fourth-order valence-corrected chi connectivity index (χ4v) is 2.95. The molecule has 0 aliphatic rings. The van der Waals surface area contributed by atoms with Crippen LogP contribution in [0.4, 0.5) is 0 Å². The number of nitrogens with zero attached hydrogens (tertiary/aromatic N) is 6. The van der Waals surface area contributed by atoms with Gasteiger partial charge in [0.1, 0.15) is 22.8 Å². The SMILES string of the molecule is O=C(Cn1nnc2ccccc21)NCc1cn(-c2cccs2)nn1. The number of amides is 1. The smallest absolute Gasteiger partial charge is 0.242 e. The van der Waals surface area contributed by atoms with Crippen LogP contribution in [0.15, 0.2) is 48.0 Å². The van der Waals surface area contributed by atoms with Crippen molar-refractivity contribution in [1.29, 1.82) is 0 Å². The van der Waals surface area contributed by atoms with Crippen molar-refractivity contribution in [2.75, 3.05) is 0 Å². The zero-order valence-electron chi connectivity index (χ0n) is 12.5. The quantitative estimate of drug-likeness (QED) is 0.593. The number of rotatable bonds is 5. The average molecular weight is 339 g/mol. The highest BCUT2D eigenvalue weighted by Gasteiger charge is 2.09. The first-order valence-electron chi connectivity index (χ1n) is 7.29. The number of hydrogen-bond donors (Lipinski definition) is 1. The third-order valence-electron chi connectivity index (χ3n) is 3.45. The van der Waals surface area contributed by atoms with Gasteiger partial charge in [0.2, 0.25) is 5.91 Å². The van der Waals surface area contributed by atoms with Crippen LogP contribution in [0.2, 0.25) is 0 Å². The molecule has 0 aliphatic carbocycles. The molecule has 0 atom stereocenters. The summed E-state index contributed by atoms with van der Waals surface area (Å²) < 4.78 is 3.27. The Labute approximate surface area is 140 Å². The molecule has 4 aromatic rings. The van der Waals surface area contributed by atoms with Gasteiger partial charge in [-0.15, -0.1) is 21.5 Å². The van der Waals surface area contributed by atoms with Crippen LogP contribution in [0.5, 0.6) is 0 Å². The minimum atomic E-state index is -0.156. The number of carbonyl (C=O) groups excluding carboxylic acids is 1. The number of fused-ring (bicyclic) bond motifs is 1. The van der Waals surface area contributed by atoms with Gasteiger partial charge in [0.05, 0.1) is 18.3 Å². The van der Waals surface area contributed by atoms with E-state index in [4.69, 9.17) is 0 Å². The maximum atomic E-state index is 12.1. The van der Waals surface area contributed by atoms with Crippen molar-refractivity contribution in [3.8, 4) is 5.00 Å². The van der Waals surface area contributed by atoms with E-state index in [1.807, 2.05) is 41.8 Å². The molecule has 0 radical (unpaired) electrons. The van der Waals surface area contributed by atoms with E-state index < -0.39 is 0 Å². The summed E-state index contributed by atoms with van der Waals surface area (Å²) >= 11 is 1.57. The minimum absolute atomic E-state index is 0.111. The second-order valence-corrected chi connectivity index (χ2v) is 6.04. The summed E-state index contributed by atoms with van der Waals surface area (Å²) in [6, 6.07) is 11.4. The van der Waals surface area contributed by atoms with E-state index in [9.17, 15) is 4.79 Å². The fraction of sp³-hybridized carbons (Fsp3) is 0.133. The fourth-order valence-electron chi connectivity index (χ4n) is 2.30. The second kappa shape index (κ2) is 6.20. The third-order valence-corrected chi connectivity index (χ3v) is 4.31. The van der Waals surface area contributed by atoms with Gasteiger partial charge < -0.3 is 5.32 Å². The van der Waals surface area contributed by atoms with Crippen molar-refractivity contribution >= 4 is 28.3 Å². The molecule has 1 aromatic carbocycles. The van der Waals surface area contributed by atoms with E-state index >= 15 is 0 Å². The van der Waals surface area contributed by atoms with Crippen molar-refractivity contribution < 1.29 is 4.79 Å². The molecule has 0 saturated heterocycles. The number of aromatic nitrogens is 6. The van der Waals surface area contributed by atoms with Gasteiger partial charge >= 0.3 is 0 Å². The Morgan fingerprint density at radius 2 is 2.04 bits per heavy atom. The van der Waals surface area contributed by atoms with E-state index in [0.717, 1.165) is 16.0 Å². The summed E-state index contributed by atoms with van der Waals surface area (Å²) in [5.74, 6) is -0.156. The largest absolute Gasteiger partial charge is 0.349 e. The first-order valence-corrected chi connectivity index (χ1v) is 8.17. The van der Waals surface area contributed by atoms with E-state index in [0.29, 0.717) is 12.2 Å². The number of nitrogens with one attached hydrogen (secondary N) is 1. The molecular formula is C15H13N7OS. The van der Waals surface area contributed by atoms with Gasteiger partial charge in [-0.25, -0.2) is 9.36 Å². The predicted molar refractivity (Wildman–Crippen MR) is 88.6 cm³/mol. The molecule has 0 saturated carbocycles. The predicted octanol–water partition coefficient (Wildman–Crippen LogP) is 1.39. The molecule has 4 rings (SSSR count). The number of para-hydroxylation sites is 1. The molecule has 0 spiro atoms. The molecule has 0 bridgehead atoms. The topological polar surface area (TPSA) is 90.5 Å². The Kier molecular flexibility index (Phi) is 3.75. The molecule has 120 valence electrons. The summed E-state index contributed by atoms with van der Waals surface area (Å²) in [4.78, 5) is 12.1. The Bertz CT molecular complexity index is 973. The maximum Gasteiger partial charge on any atom is 0.242 e. The number of hydrogen-bond acceptors (Lipinski definition) is 6. The van der Waals surface area contributed by atoms with E-state index in [1.54, 1.807) is 26.9 Å². The Morgan fingerprint density at radius 3 is 2.92 bits per heavy atom. The standard InChI is InChI=1S/C15H13N7OS/c23-14(10-21-13-5-2-1-4-12(13)18-20-21)16-8-11-9-22(19-17-11)15-6-3-7-24-15/h1-7,9H,8,10H2,(H,16,23). The van der Waals surface area contributed by atoms with Gasteiger partial charge in [-0.1, -0.05) is 22.6 Å². The Balaban J connectivity index is 1.38. The van der Waals surface area contributed by atoms with Crippen LogP contribution in [0.3, 0.4) is 0 Å². The summed E-state index contributed by atoms with van der Waals surface area (Å²) in [6.45, 7) is 0.427. The van der Waals surface area contributed by atoms with Crippen molar-refractivity contribution in [2.24, 2.45) is 0 Å². The molecule has 3 heterocycles. The van der Waals surface area contributed by atoms with Gasteiger partial charge in [0.15, 0.2) is 0 Å². The molecule has 0 fully saturated rings. The van der Waals surface area contributed by atoms with Crippen molar-refractivity contribution in [3.05, 3.63) is 53.7 Å². The lowest BCUT2D eigenvalue weighted by molar-refractivity contribution is -0.122. The van der Waals surface area contributed by atoms with Crippen LogP contribution in [-0.2, 0) is 17.9 Å². The van der Waals surface area contributed by atoms with Crippen LogP contribution >= 0.6 is 11.3 Å². The van der Waals surface area contributed by atoms with Crippen LogP contribution < -0.4 is 5.32 Å². The van der Waals surface area contributed by atoms with Crippen LogP contribution in [0.25, 0.3) is 16.0 Å². The molecule has 9 heteroatoms. The van der Waals surface area contributed by atoms with E-state index in [-0.39, 0.29) is 12.5 Å². The first-order chi connectivity index (χ1) is 11.8. The van der Waals surface area contributed by atoms with E-state index in [1.165, 1.54) is 0 Å². The van der Waals surface area contributed by atoms with Crippen molar-refractivity contribution in [2.45, 2.75) is 13.1 Å². The van der Waals surface area contributed by atoms with Crippen molar-refractivity contribution in [3.63, 3.8) is 0 Å². The van der Waals surface area contributed by atoms with E-state index in [2.05, 4.69) is 25.9 Å². The van der Waals surface area contributed by atoms with Gasteiger partial charge in [-0.3, -0.25) is 4.79 Å². The highest BCUT2D eigenvalue weighted by Crippen LogP contribution is 2.13.